The summed E-state index contributed by atoms with van der Waals surface area (Å²) in [5, 5.41) is 9.55. The van der Waals surface area contributed by atoms with Gasteiger partial charge in [0.25, 0.3) is 0 Å². The first-order chi connectivity index (χ1) is 18.6. The van der Waals surface area contributed by atoms with Gasteiger partial charge in [-0.2, -0.15) is 0 Å². The first-order valence-electron chi connectivity index (χ1n) is 15.8. The molecular weight excluding hydrogens is 512 g/mol. The number of Topliss-reactive ketones (excluding diaryl/α,β-unsaturated/α-hetero) is 1. The number of hydrogen-bond donors (Lipinski definition) is 1. The Morgan fingerprint density at radius 2 is 1.62 bits per heavy atom. The Bertz CT molecular complexity index is 1300. The van der Waals surface area contributed by atoms with Crippen LogP contribution in [0.15, 0.2) is 30.4 Å². The van der Waals surface area contributed by atoms with Crippen LogP contribution in [0.3, 0.4) is 0 Å². The van der Waals surface area contributed by atoms with Crippen LogP contribution in [0.1, 0.15) is 121 Å². The van der Waals surface area contributed by atoms with Gasteiger partial charge >= 0.3 is 5.97 Å². The average molecular weight is 563 g/mol. The number of carboxylic acids is 1. The fourth-order valence-corrected chi connectivity index (χ4v) is 13.4. The van der Waals surface area contributed by atoms with Gasteiger partial charge in [-0.15, -0.1) is 11.3 Å². The highest BCUT2D eigenvalue weighted by Gasteiger charge is 2.71. The fourth-order valence-electron chi connectivity index (χ4n) is 12.4. The third kappa shape index (κ3) is 3.47. The first-order valence-corrected chi connectivity index (χ1v) is 16.7. The molecular formula is C36H50O3S. The molecule has 218 valence electrons. The van der Waals surface area contributed by atoms with Crippen LogP contribution in [0, 0.1) is 56.7 Å². The van der Waals surface area contributed by atoms with E-state index in [1.165, 1.54) is 54.6 Å². The van der Waals surface area contributed by atoms with Gasteiger partial charge in [-0.05, 0) is 141 Å². The van der Waals surface area contributed by atoms with Crippen LogP contribution in [0.5, 0.6) is 0 Å². The number of thiophene rings is 1. The molecule has 0 unspecified atom stereocenters. The predicted octanol–water partition coefficient (Wildman–Crippen LogP) is 9.69. The molecule has 0 aliphatic heterocycles. The maximum Gasteiger partial charge on any atom is 0.345 e. The minimum atomic E-state index is -0.828. The highest BCUT2D eigenvalue weighted by atomic mass is 32.1. The zero-order valence-electron chi connectivity index (χ0n) is 25.9. The number of carboxylic acid groups (broad SMARTS) is 1. The van der Waals surface area contributed by atoms with Crippen molar-refractivity contribution in [3.05, 3.63) is 40.1 Å². The lowest BCUT2D eigenvalue weighted by molar-refractivity contribution is -0.224. The number of allylic oxidation sites excluding steroid dienone is 3. The lowest BCUT2D eigenvalue weighted by Gasteiger charge is -2.72. The summed E-state index contributed by atoms with van der Waals surface area (Å²) in [5.41, 5.74) is 3.25. The van der Waals surface area contributed by atoms with Gasteiger partial charge in [0, 0.05) is 10.3 Å². The van der Waals surface area contributed by atoms with Crippen LogP contribution >= 0.6 is 11.3 Å². The average Bonchev–Trinajstić information content (AvgIpc) is 3.50. The number of rotatable bonds is 4. The van der Waals surface area contributed by atoms with Crippen LogP contribution in [0.25, 0.3) is 5.57 Å². The molecule has 40 heavy (non-hydrogen) atoms. The number of carbonyl (C=O) groups is 2. The van der Waals surface area contributed by atoms with Gasteiger partial charge < -0.3 is 5.11 Å². The van der Waals surface area contributed by atoms with Crippen molar-refractivity contribution in [3.8, 4) is 0 Å². The van der Waals surface area contributed by atoms with E-state index in [9.17, 15) is 14.7 Å². The van der Waals surface area contributed by atoms with Crippen molar-refractivity contribution in [3.63, 3.8) is 0 Å². The summed E-state index contributed by atoms with van der Waals surface area (Å²) in [6.07, 6.45) is 13.0. The molecule has 1 N–H and O–H groups in total. The van der Waals surface area contributed by atoms with Gasteiger partial charge in [-0.25, -0.2) is 4.79 Å². The zero-order chi connectivity index (χ0) is 29.0. The van der Waals surface area contributed by atoms with E-state index in [0.29, 0.717) is 40.2 Å². The summed E-state index contributed by atoms with van der Waals surface area (Å²) >= 11 is 1.44. The second-order valence-electron chi connectivity index (χ2n) is 15.9. The summed E-state index contributed by atoms with van der Waals surface area (Å²) in [6, 6.07) is 3.81. The van der Waals surface area contributed by atoms with Crippen molar-refractivity contribution in [2.24, 2.45) is 56.7 Å². The van der Waals surface area contributed by atoms with Gasteiger partial charge in [0.05, 0.1) is 0 Å². The van der Waals surface area contributed by atoms with Crippen molar-refractivity contribution in [1.29, 1.82) is 0 Å². The summed E-state index contributed by atoms with van der Waals surface area (Å²) in [6.45, 7) is 21.3. The molecule has 0 amide bonds. The molecule has 6 rings (SSSR count). The number of carbonyl (C=O) groups excluding carboxylic acids is 1. The van der Waals surface area contributed by atoms with Crippen LogP contribution in [0.2, 0.25) is 0 Å². The third-order valence-electron chi connectivity index (χ3n) is 14.4. The fraction of sp³-hybridized carbons (Fsp3) is 0.722. The standard InChI is InChI=1S/C36H50O3S/c1-21(2)23-13-18-36(22(3)37)20-19-34(7)25(30(23)36)9-12-29-33(6)16-14-24(26-10-11-27(40-26)31(38)39)32(4,5)28(33)15-17-35(29,34)8/h10-11,14,23,25,28-30H,1,9,12-13,15-20H2,2-8H3,(H,38,39)/t23-,25+,28-,29+,30+,33-,34+,35+,36+/m0/s1. The summed E-state index contributed by atoms with van der Waals surface area (Å²) in [4.78, 5) is 26.5. The maximum absolute atomic E-state index is 13.3. The number of hydrogen-bond acceptors (Lipinski definition) is 3. The highest BCUT2D eigenvalue weighted by Crippen LogP contribution is 2.77. The third-order valence-corrected chi connectivity index (χ3v) is 15.5. The molecule has 4 heteroatoms. The minimum Gasteiger partial charge on any atom is -0.477 e. The SMILES string of the molecule is C=C(C)[C@@H]1CC[C@]2(C(C)=O)CC[C@]3(C)[C@H](CC[C@@H]4[C@@]5(C)CC=C(c6ccc(C(=O)O)s6)C(C)(C)[C@@H]5CC[C@]43C)[C@@H]12. The van der Waals surface area contributed by atoms with Crippen molar-refractivity contribution in [1.82, 2.24) is 0 Å². The van der Waals surface area contributed by atoms with Crippen LogP contribution < -0.4 is 0 Å². The first kappa shape index (κ1) is 28.4. The molecule has 1 heterocycles. The smallest absolute Gasteiger partial charge is 0.345 e. The summed E-state index contributed by atoms with van der Waals surface area (Å²) in [7, 11) is 0. The molecule has 0 saturated heterocycles. The largest absolute Gasteiger partial charge is 0.477 e. The number of aromatic carboxylic acids is 1. The molecule has 0 spiro atoms. The molecule has 5 aliphatic rings. The Kier molecular flexibility index (Phi) is 6.34. The van der Waals surface area contributed by atoms with Gasteiger partial charge in [0.2, 0.25) is 0 Å². The van der Waals surface area contributed by atoms with Gasteiger partial charge in [-0.1, -0.05) is 52.8 Å². The Balaban J connectivity index is 1.38. The Morgan fingerprint density at radius 3 is 2.25 bits per heavy atom. The van der Waals surface area contributed by atoms with Crippen molar-refractivity contribution in [2.45, 2.75) is 106 Å². The van der Waals surface area contributed by atoms with Gasteiger partial charge in [-0.3, -0.25) is 4.79 Å². The van der Waals surface area contributed by atoms with E-state index in [4.69, 9.17) is 0 Å². The Labute approximate surface area is 245 Å². The molecule has 1 aromatic rings. The quantitative estimate of drug-likeness (QED) is 0.372. The minimum absolute atomic E-state index is 0.000438. The summed E-state index contributed by atoms with van der Waals surface area (Å²) in [5.74, 6) is 2.39. The Hall–Kier alpha value is -1.68. The normalized spacial score (nSPS) is 45.4. The van der Waals surface area contributed by atoms with Crippen molar-refractivity contribution in [2.75, 3.05) is 0 Å². The molecule has 4 fully saturated rings. The lowest BCUT2D eigenvalue weighted by Crippen LogP contribution is -2.65. The number of ketones is 1. The molecule has 0 bridgehead atoms. The van der Waals surface area contributed by atoms with E-state index < -0.39 is 5.97 Å². The zero-order valence-corrected chi connectivity index (χ0v) is 26.7. The number of fused-ring (bicyclic) bond motifs is 7. The van der Waals surface area contributed by atoms with E-state index in [2.05, 4.69) is 54.2 Å². The van der Waals surface area contributed by atoms with Crippen LogP contribution in [0.4, 0.5) is 0 Å². The topological polar surface area (TPSA) is 54.4 Å². The molecule has 4 saturated carbocycles. The van der Waals surface area contributed by atoms with Gasteiger partial charge in [0.15, 0.2) is 0 Å². The van der Waals surface area contributed by atoms with Gasteiger partial charge in [0.1, 0.15) is 10.7 Å². The predicted molar refractivity (Wildman–Crippen MR) is 164 cm³/mol. The van der Waals surface area contributed by atoms with Crippen molar-refractivity contribution < 1.29 is 14.7 Å². The van der Waals surface area contributed by atoms with Crippen LogP contribution in [-0.2, 0) is 4.79 Å². The molecule has 3 nitrogen and oxygen atoms in total. The molecule has 9 atom stereocenters. The van der Waals surface area contributed by atoms with E-state index in [0.717, 1.165) is 30.6 Å². The highest BCUT2D eigenvalue weighted by molar-refractivity contribution is 7.15. The molecule has 0 aromatic carbocycles. The second kappa shape index (κ2) is 8.91. The second-order valence-corrected chi connectivity index (χ2v) is 17.0. The van der Waals surface area contributed by atoms with Crippen LogP contribution in [-0.4, -0.2) is 16.9 Å². The molecule has 5 aliphatic carbocycles. The van der Waals surface area contributed by atoms with Crippen molar-refractivity contribution >= 4 is 28.7 Å². The monoisotopic (exact) mass is 562 g/mol. The Morgan fingerprint density at radius 1 is 0.900 bits per heavy atom. The molecule has 0 radical (unpaired) electrons. The lowest BCUT2D eigenvalue weighted by atomic mass is 9.32. The summed E-state index contributed by atoms with van der Waals surface area (Å²) < 4.78 is 0. The van der Waals surface area contributed by atoms with E-state index in [1.807, 2.05) is 13.0 Å². The maximum atomic E-state index is 13.3. The molecule has 1 aromatic heterocycles. The van der Waals surface area contributed by atoms with E-state index >= 15 is 0 Å². The van der Waals surface area contributed by atoms with E-state index in [1.54, 1.807) is 6.07 Å². The van der Waals surface area contributed by atoms with E-state index in [-0.39, 0.29) is 27.1 Å².